The number of anilines is 1. The third-order valence-corrected chi connectivity index (χ3v) is 4.32. The molecule has 1 atom stereocenters. The molecule has 0 bridgehead atoms. The van der Waals surface area contributed by atoms with Gasteiger partial charge < -0.3 is 15.0 Å². The third kappa shape index (κ3) is 2.99. The lowest BCUT2D eigenvalue weighted by atomic mass is 9.94. The summed E-state index contributed by atoms with van der Waals surface area (Å²) < 4.78 is 7.73. The van der Waals surface area contributed by atoms with Gasteiger partial charge in [0.05, 0.1) is 11.3 Å². The maximum absolute atomic E-state index is 5.71. The molecule has 0 aliphatic carbocycles. The van der Waals surface area contributed by atoms with Gasteiger partial charge in [0.25, 0.3) is 0 Å². The molecular weight excluding hydrogens is 252 g/mol. The van der Waals surface area contributed by atoms with Crippen molar-refractivity contribution in [2.45, 2.75) is 45.8 Å². The number of piperidine rings is 1. The quantitative estimate of drug-likeness (QED) is 0.894. The molecule has 20 heavy (non-hydrogen) atoms. The molecule has 2 rings (SSSR count). The van der Waals surface area contributed by atoms with E-state index in [9.17, 15) is 0 Å². The summed E-state index contributed by atoms with van der Waals surface area (Å²) in [6.07, 6.45) is 2.29. The molecule has 1 aliphatic heterocycles. The van der Waals surface area contributed by atoms with Crippen molar-refractivity contribution in [1.82, 2.24) is 15.1 Å². The first-order valence-corrected chi connectivity index (χ1v) is 7.54. The molecule has 114 valence electrons. The zero-order chi connectivity index (χ0) is 14.8. The van der Waals surface area contributed by atoms with Crippen LogP contribution in [0.5, 0.6) is 0 Å². The number of nitrogens with zero attached hydrogens (tertiary/aromatic N) is 3. The Labute approximate surface area is 122 Å². The maximum atomic E-state index is 5.71. The number of hydrogen-bond donors (Lipinski definition) is 1. The van der Waals surface area contributed by atoms with E-state index in [4.69, 9.17) is 4.74 Å². The van der Waals surface area contributed by atoms with E-state index in [2.05, 4.69) is 36.1 Å². The van der Waals surface area contributed by atoms with Crippen molar-refractivity contribution in [1.29, 1.82) is 0 Å². The normalized spacial score (nSPS) is 23.4. The molecule has 0 aromatic carbocycles. The maximum Gasteiger partial charge on any atom is 0.131 e. The van der Waals surface area contributed by atoms with Crippen LogP contribution < -0.4 is 10.2 Å². The number of nitrogens with one attached hydrogen (secondary N) is 1. The van der Waals surface area contributed by atoms with Crippen LogP contribution in [0.25, 0.3) is 0 Å². The van der Waals surface area contributed by atoms with Gasteiger partial charge in [0, 0.05) is 39.4 Å². The molecule has 1 aromatic heterocycles. The largest absolute Gasteiger partial charge is 0.377 e. The number of methoxy groups -OCH3 is 1. The molecule has 1 unspecified atom stereocenters. The van der Waals surface area contributed by atoms with Gasteiger partial charge in [0.1, 0.15) is 5.82 Å². The first-order valence-electron chi connectivity index (χ1n) is 7.54. The smallest absolute Gasteiger partial charge is 0.131 e. The molecule has 1 N–H and O–H groups in total. The second kappa shape index (κ2) is 6.14. The van der Waals surface area contributed by atoms with E-state index in [0.29, 0.717) is 0 Å². The highest BCUT2D eigenvalue weighted by Crippen LogP contribution is 2.31. The van der Waals surface area contributed by atoms with E-state index in [1.54, 1.807) is 0 Å². The average molecular weight is 280 g/mol. The van der Waals surface area contributed by atoms with Crippen molar-refractivity contribution in [2.24, 2.45) is 7.05 Å². The van der Waals surface area contributed by atoms with Crippen LogP contribution in [-0.2, 0) is 18.3 Å². The van der Waals surface area contributed by atoms with Crippen molar-refractivity contribution >= 4 is 5.82 Å². The summed E-state index contributed by atoms with van der Waals surface area (Å²) >= 11 is 0. The molecule has 1 aromatic rings. The summed E-state index contributed by atoms with van der Waals surface area (Å²) in [5.41, 5.74) is 2.38. The summed E-state index contributed by atoms with van der Waals surface area (Å²) in [4.78, 5) is 2.43. The Balaban J connectivity index is 2.27. The fourth-order valence-corrected chi connectivity index (χ4v) is 3.10. The zero-order valence-corrected chi connectivity index (χ0v) is 13.5. The van der Waals surface area contributed by atoms with Gasteiger partial charge in [-0.15, -0.1) is 0 Å². The molecule has 0 amide bonds. The first kappa shape index (κ1) is 15.3. The lowest BCUT2D eigenvalue weighted by molar-refractivity contribution is -0.00497. The van der Waals surface area contributed by atoms with Gasteiger partial charge in [-0.3, -0.25) is 4.68 Å². The highest BCUT2D eigenvalue weighted by molar-refractivity contribution is 5.51. The van der Waals surface area contributed by atoms with Crippen LogP contribution in [0.2, 0.25) is 0 Å². The Morgan fingerprint density at radius 3 is 2.85 bits per heavy atom. The summed E-state index contributed by atoms with van der Waals surface area (Å²) in [6.45, 7) is 10.3. The predicted octanol–water partition coefficient (Wildman–Crippen LogP) is 1.84. The highest BCUT2D eigenvalue weighted by atomic mass is 16.5. The third-order valence-electron chi connectivity index (χ3n) is 4.32. The van der Waals surface area contributed by atoms with Crippen molar-refractivity contribution in [3.05, 3.63) is 11.3 Å². The van der Waals surface area contributed by atoms with Crippen molar-refractivity contribution < 1.29 is 4.74 Å². The predicted molar refractivity (Wildman–Crippen MR) is 82.2 cm³/mol. The van der Waals surface area contributed by atoms with E-state index >= 15 is 0 Å². The minimum absolute atomic E-state index is 0.0497. The van der Waals surface area contributed by atoms with Gasteiger partial charge in [-0.2, -0.15) is 5.10 Å². The molecule has 2 heterocycles. The van der Waals surface area contributed by atoms with Crippen LogP contribution in [-0.4, -0.2) is 42.1 Å². The minimum Gasteiger partial charge on any atom is -0.377 e. The fraction of sp³-hybridized carbons (Fsp3) is 0.800. The van der Waals surface area contributed by atoms with E-state index < -0.39 is 0 Å². The lowest BCUT2D eigenvalue weighted by Crippen LogP contribution is -2.48. The molecule has 1 aliphatic rings. The Morgan fingerprint density at radius 1 is 1.45 bits per heavy atom. The summed E-state index contributed by atoms with van der Waals surface area (Å²) in [5.74, 6) is 1.24. The number of rotatable bonds is 5. The van der Waals surface area contributed by atoms with Gasteiger partial charge in [0.2, 0.25) is 0 Å². The minimum atomic E-state index is -0.0497. The Kier molecular flexibility index (Phi) is 4.70. The van der Waals surface area contributed by atoms with Crippen LogP contribution in [0.15, 0.2) is 0 Å². The Bertz CT molecular complexity index is 457. The Hall–Kier alpha value is -1.07. The monoisotopic (exact) mass is 280 g/mol. The topological polar surface area (TPSA) is 42.3 Å². The van der Waals surface area contributed by atoms with E-state index in [-0.39, 0.29) is 5.60 Å². The van der Waals surface area contributed by atoms with Crippen LogP contribution in [0.3, 0.4) is 0 Å². The van der Waals surface area contributed by atoms with Crippen LogP contribution in [0, 0.1) is 6.92 Å². The summed E-state index contributed by atoms with van der Waals surface area (Å²) in [5, 5.41) is 8.03. The summed E-state index contributed by atoms with van der Waals surface area (Å²) in [7, 11) is 3.86. The number of aromatic nitrogens is 2. The molecule has 1 saturated heterocycles. The SMILES string of the molecule is CCNCc1c(C)nn(C)c1N1CCCC(C)(OC)C1. The van der Waals surface area contributed by atoms with Crippen molar-refractivity contribution in [2.75, 3.05) is 31.6 Å². The van der Waals surface area contributed by atoms with Crippen molar-refractivity contribution in [3.63, 3.8) is 0 Å². The number of hydrogen-bond acceptors (Lipinski definition) is 4. The number of aryl methyl sites for hydroxylation is 2. The molecular formula is C15H28N4O. The van der Waals surface area contributed by atoms with Gasteiger partial charge in [-0.25, -0.2) is 0 Å². The fourth-order valence-electron chi connectivity index (χ4n) is 3.10. The van der Waals surface area contributed by atoms with E-state index in [0.717, 1.165) is 44.7 Å². The molecule has 0 radical (unpaired) electrons. The zero-order valence-electron chi connectivity index (χ0n) is 13.5. The van der Waals surface area contributed by atoms with Gasteiger partial charge in [-0.05, 0) is 33.2 Å². The lowest BCUT2D eigenvalue weighted by Gasteiger charge is -2.40. The van der Waals surface area contributed by atoms with Crippen LogP contribution >= 0.6 is 0 Å². The molecule has 0 spiro atoms. The molecule has 1 fully saturated rings. The molecule has 5 heteroatoms. The average Bonchev–Trinajstić information content (AvgIpc) is 2.70. The van der Waals surface area contributed by atoms with E-state index in [1.807, 2.05) is 18.8 Å². The van der Waals surface area contributed by atoms with Crippen molar-refractivity contribution in [3.8, 4) is 0 Å². The van der Waals surface area contributed by atoms with Gasteiger partial charge >= 0.3 is 0 Å². The van der Waals surface area contributed by atoms with Gasteiger partial charge in [0.15, 0.2) is 0 Å². The van der Waals surface area contributed by atoms with E-state index in [1.165, 1.54) is 11.4 Å². The summed E-state index contributed by atoms with van der Waals surface area (Å²) in [6, 6.07) is 0. The Morgan fingerprint density at radius 2 is 2.20 bits per heavy atom. The van der Waals surface area contributed by atoms with Gasteiger partial charge in [-0.1, -0.05) is 6.92 Å². The number of ether oxygens (including phenoxy) is 1. The first-order chi connectivity index (χ1) is 9.50. The molecule has 5 nitrogen and oxygen atoms in total. The second-order valence-electron chi connectivity index (χ2n) is 5.97. The van der Waals surface area contributed by atoms with Crippen LogP contribution in [0.4, 0.5) is 5.82 Å². The standard InChI is InChI=1S/C15H28N4O/c1-6-16-10-13-12(2)17-18(4)14(13)19-9-7-8-15(3,11-19)20-5/h16H,6-11H2,1-5H3. The molecule has 0 saturated carbocycles. The highest BCUT2D eigenvalue weighted by Gasteiger charge is 2.33. The van der Waals surface area contributed by atoms with Crippen LogP contribution in [0.1, 0.15) is 37.9 Å². The second-order valence-corrected chi connectivity index (χ2v) is 5.97.